The molecule has 1 aliphatic heterocycles. The molecule has 0 spiro atoms. The first-order valence-corrected chi connectivity index (χ1v) is 22.2. The van der Waals surface area contributed by atoms with Crippen LogP contribution < -0.4 is 25.7 Å². The largest absolute Gasteiger partial charge is 0.778 e. The van der Waals surface area contributed by atoms with Crippen molar-refractivity contribution < 1.29 is 43.4 Å². The normalized spacial score (nSPS) is 15.0. The smallest absolute Gasteiger partial charge is 0.349 e. The molecular formula is C34H49Cl3N7O9PS. The van der Waals surface area contributed by atoms with Gasteiger partial charge in [-0.05, 0) is 113 Å². The van der Waals surface area contributed by atoms with Gasteiger partial charge in [0.25, 0.3) is 11.8 Å². The van der Waals surface area contributed by atoms with Gasteiger partial charge in [0.1, 0.15) is 12.6 Å². The molecule has 2 amide bonds. The minimum atomic E-state index is -4.35. The topological polar surface area (TPSA) is 236 Å². The molecule has 1 aliphatic carbocycles. The van der Waals surface area contributed by atoms with E-state index < -0.39 is 32.4 Å². The third kappa shape index (κ3) is 19.4. The maximum Gasteiger partial charge on any atom is 0.349 e. The molecule has 1 aromatic carbocycles. The quantitative estimate of drug-likeness (QED) is 0.0653. The van der Waals surface area contributed by atoms with Crippen LogP contribution in [0.25, 0.3) is 6.08 Å². The van der Waals surface area contributed by atoms with E-state index in [1.165, 1.54) is 11.0 Å². The SMILES string of the molecule is CCNc1nc(Cl)nc(NC(C)(C)C)n1.CCOC(=O)/C(Cl)=C/c1cc(N2C(=O)C3=C(CCCC3)C2=O)ccc1Cl.C[S+](C)C.O=C(O)CNCP(=O)([O-])O. The summed E-state index contributed by atoms with van der Waals surface area (Å²) in [5.74, 6) is -1.42. The number of rotatable bonds is 11. The lowest BCUT2D eigenvalue weighted by atomic mass is 9.93. The fourth-order valence-electron chi connectivity index (χ4n) is 4.43. The van der Waals surface area contributed by atoms with E-state index in [2.05, 4.69) is 44.4 Å². The van der Waals surface area contributed by atoms with Gasteiger partial charge < -0.3 is 34.8 Å². The van der Waals surface area contributed by atoms with Crippen LogP contribution in [0.15, 0.2) is 34.4 Å². The Kier molecular flexibility index (Phi) is 21.4. The number of anilines is 3. The number of carbonyl (C=O) groups is 4. The average Bonchev–Trinajstić information content (AvgIpc) is 3.30. The molecular weight excluding hydrogens is 820 g/mol. The van der Waals surface area contributed by atoms with Crippen molar-refractivity contribution in [1.29, 1.82) is 0 Å². The number of carboxylic acid groups (broad SMARTS) is 1. The molecule has 21 heteroatoms. The fraction of sp³-hybridized carbons (Fsp3) is 0.500. The van der Waals surface area contributed by atoms with Crippen molar-refractivity contribution in [1.82, 2.24) is 20.3 Å². The van der Waals surface area contributed by atoms with Crippen molar-refractivity contribution in [2.75, 3.05) is 60.3 Å². The molecule has 306 valence electrons. The van der Waals surface area contributed by atoms with Crippen molar-refractivity contribution in [3.63, 3.8) is 0 Å². The third-order valence-corrected chi connectivity index (χ3v) is 7.80. The van der Waals surface area contributed by atoms with Gasteiger partial charge in [0.05, 0.1) is 43.9 Å². The van der Waals surface area contributed by atoms with Gasteiger partial charge in [-0.2, -0.15) is 15.0 Å². The number of aromatic nitrogens is 3. The van der Waals surface area contributed by atoms with Crippen LogP contribution in [0.5, 0.6) is 0 Å². The molecule has 0 fully saturated rings. The molecule has 5 N–H and O–H groups in total. The van der Waals surface area contributed by atoms with Crippen molar-refractivity contribution in [3.8, 4) is 0 Å². The summed E-state index contributed by atoms with van der Waals surface area (Å²) < 4.78 is 14.8. The molecule has 0 bridgehead atoms. The first-order chi connectivity index (χ1) is 25.5. The summed E-state index contributed by atoms with van der Waals surface area (Å²) in [6, 6.07) is 4.74. The Balaban J connectivity index is 0.000000440. The zero-order valence-electron chi connectivity index (χ0n) is 32.0. The molecule has 1 atom stereocenters. The first-order valence-electron chi connectivity index (χ1n) is 16.8. The zero-order chi connectivity index (χ0) is 42.1. The van der Waals surface area contributed by atoms with E-state index in [1.807, 2.05) is 33.0 Å². The number of aliphatic carboxylic acids is 1. The predicted octanol–water partition coefficient (Wildman–Crippen LogP) is 5.05. The van der Waals surface area contributed by atoms with Crippen LogP contribution in [0.2, 0.25) is 10.3 Å². The molecule has 4 rings (SSSR count). The number of nitrogens with zero attached hydrogens (tertiary/aromatic N) is 4. The summed E-state index contributed by atoms with van der Waals surface area (Å²) in [5.41, 5.74) is 1.94. The Morgan fingerprint density at radius 2 is 1.58 bits per heavy atom. The minimum Gasteiger partial charge on any atom is -0.778 e. The van der Waals surface area contributed by atoms with Crippen molar-refractivity contribution in [3.05, 3.63) is 50.2 Å². The van der Waals surface area contributed by atoms with Gasteiger partial charge in [0.15, 0.2) is 0 Å². The summed E-state index contributed by atoms with van der Waals surface area (Å²) >= 11 is 17.9. The van der Waals surface area contributed by atoms with Crippen LogP contribution in [-0.4, -0.2) is 99.0 Å². The Labute approximate surface area is 339 Å². The molecule has 0 saturated carbocycles. The van der Waals surface area contributed by atoms with Crippen LogP contribution in [0.4, 0.5) is 17.6 Å². The summed E-state index contributed by atoms with van der Waals surface area (Å²) in [6.07, 6.45) is 10.3. The molecule has 2 heterocycles. The highest BCUT2D eigenvalue weighted by Crippen LogP contribution is 2.37. The van der Waals surface area contributed by atoms with E-state index in [0.29, 0.717) is 63.1 Å². The Morgan fingerprint density at radius 3 is 2.05 bits per heavy atom. The molecule has 55 heavy (non-hydrogen) atoms. The van der Waals surface area contributed by atoms with E-state index in [1.54, 1.807) is 25.1 Å². The third-order valence-electron chi connectivity index (χ3n) is 6.40. The van der Waals surface area contributed by atoms with E-state index in [4.69, 9.17) is 49.5 Å². The van der Waals surface area contributed by atoms with Crippen LogP contribution in [0, 0.1) is 0 Å². The second-order valence-corrected chi connectivity index (χ2v) is 18.2. The first kappa shape index (κ1) is 49.7. The van der Waals surface area contributed by atoms with E-state index in [9.17, 15) is 28.6 Å². The lowest BCUT2D eigenvalue weighted by Crippen LogP contribution is -2.31. The average molecular weight is 869 g/mol. The summed E-state index contributed by atoms with van der Waals surface area (Å²) in [7, 11) is -3.71. The molecule has 0 saturated heterocycles. The highest BCUT2D eigenvalue weighted by atomic mass is 35.5. The highest BCUT2D eigenvalue weighted by Gasteiger charge is 2.39. The monoisotopic (exact) mass is 867 g/mol. The summed E-state index contributed by atoms with van der Waals surface area (Å²) in [5, 5.41) is 16.5. The van der Waals surface area contributed by atoms with Crippen LogP contribution in [0.1, 0.15) is 65.9 Å². The van der Waals surface area contributed by atoms with Crippen molar-refractivity contribution >= 4 is 101 Å². The Hall–Kier alpha value is -3.28. The number of imide groups is 1. The van der Waals surface area contributed by atoms with E-state index >= 15 is 0 Å². The number of carboxylic acids is 1. The zero-order valence-corrected chi connectivity index (χ0v) is 36.0. The van der Waals surface area contributed by atoms with Gasteiger partial charge in [0, 0.05) is 28.3 Å². The Morgan fingerprint density at radius 1 is 1.04 bits per heavy atom. The molecule has 1 aromatic heterocycles. The number of carbonyl (C=O) groups excluding carboxylic acids is 3. The minimum absolute atomic E-state index is 0.103. The second-order valence-electron chi connectivity index (χ2n) is 13.0. The summed E-state index contributed by atoms with van der Waals surface area (Å²) in [6.45, 7) is 10.2. The van der Waals surface area contributed by atoms with Gasteiger partial charge in [-0.15, -0.1) is 0 Å². The van der Waals surface area contributed by atoms with Gasteiger partial charge in [-0.3, -0.25) is 19.7 Å². The number of benzene rings is 1. The molecule has 1 unspecified atom stereocenters. The van der Waals surface area contributed by atoms with E-state index in [-0.39, 0.29) is 34.3 Å². The molecule has 2 aromatic rings. The van der Waals surface area contributed by atoms with Gasteiger partial charge in [0.2, 0.25) is 17.2 Å². The number of amides is 2. The predicted molar refractivity (Wildman–Crippen MR) is 218 cm³/mol. The lowest BCUT2D eigenvalue weighted by Gasteiger charge is -2.20. The maximum absolute atomic E-state index is 12.7. The van der Waals surface area contributed by atoms with Gasteiger partial charge in [-0.25, -0.2) is 9.69 Å². The van der Waals surface area contributed by atoms with Crippen molar-refractivity contribution in [2.24, 2.45) is 0 Å². The van der Waals surface area contributed by atoms with Crippen LogP contribution in [0.3, 0.4) is 0 Å². The number of halogens is 3. The second kappa shape index (κ2) is 23.7. The van der Waals surface area contributed by atoms with Crippen LogP contribution >= 0.6 is 42.4 Å². The van der Waals surface area contributed by atoms with E-state index in [0.717, 1.165) is 19.4 Å². The summed E-state index contributed by atoms with van der Waals surface area (Å²) in [4.78, 5) is 78.1. The van der Waals surface area contributed by atoms with Gasteiger partial charge in [-0.1, -0.05) is 23.2 Å². The number of hydrogen-bond donors (Lipinski definition) is 5. The van der Waals surface area contributed by atoms with Gasteiger partial charge >= 0.3 is 11.9 Å². The Bertz CT molecular complexity index is 1740. The molecule has 0 radical (unpaired) electrons. The number of nitrogens with one attached hydrogen (secondary N) is 3. The molecule has 2 aliphatic rings. The molecule has 16 nitrogen and oxygen atoms in total. The number of esters is 1. The lowest BCUT2D eigenvalue weighted by molar-refractivity contribution is -0.193. The maximum atomic E-state index is 12.7. The standard InChI is InChI=1S/C19H17Cl2NO4.C9H16ClN5.C3H8NO5P.C3H9S/c1-2-26-19(25)16(21)10-11-9-12(7-8-15(11)20)22-17(23)13-5-3-4-6-14(13)18(22)24;1-5-11-7-12-6(10)13-8(14-7)15-9(2,3)4;5-3(6)1-4-2-10(7,8)9;1-4(2)3/h7-10H,2-6H2,1H3;5H2,1-4H3,(H2,11,12,13,14,15);4H,1-2H2,(H,5,6)(H2,7,8,9);1-3H3/q;;;+1/p-1/b16-10-;;;. The van der Waals surface area contributed by atoms with Crippen LogP contribution in [-0.2, 0) is 39.4 Å². The fourth-order valence-corrected chi connectivity index (χ4v) is 5.33. The van der Waals surface area contributed by atoms with Crippen molar-refractivity contribution in [2.45, 2.75) is 65.8 Å². The number of hydrogen-bond acceptors (Lipinski definition) is 13. The highest BCUT2D eigenvalue weighted by molar-refractivity contribution is 7.94. The number of ether oxygens (including phenoxy) is 1.